The van der Waals surface area contributed by atoms with Crippen molar-refractivity contribution in [2.75, 3.05) is 0 Å². The fourth-order valence-corrected chi connectivity index (χ4v) is 2.66. The predicted octanol–water partition coefficient (Wildman–Crippen LogP) is 1.31. The van der Waals surface area contributed by atoms with E-state index in [-0.39, 0.29) is 29.4 Å². The van der Waals surface area contributed by atoms with E-state index in [2.05, 4.69) is 5.32 Å². The molecule has 1 aromatic heterocycles. The molecule has 0 radical (unpaired) electrons. The number of nitrogens with one attached hydrogen (secondary N) is 1. The lowest BCUT2D eigenvalue weighted by atomic mass is 9.86. The fraction of sp³-hybridized carbons (Fsp3) is 0.538. The summed E-state index contributed by atoms with van der Waals surface area (Å²) in [6, 6.07) is 2.62. The highest BCUT2D eigenvalue weighted by molar-refractivity contribution is 5.93. The summed E-state index contributed by atoms with van der Waals surface area (Å²) in [7, 11) is 1.47. The number of carbonyl (C=O) groups is 2. The van der Waals surface area contributed by atoms with Crippen molar-refractivity contribution < 1.29 is 19.6 Å². The Balaban J connectivity index is 1.97. The molecule has 0 aromatic carbocycles. The summed E-state index contributed by atoms with van der Waals surface area (Å²) >= 11 is 0. The van der Waals surface area contributed by atoms with Gasteiger partial charge in [-0.15, -0.1) is 0 Å². The quantitative estimate of drug-likeness (QED) is 0.642. The van der Waals surface area contributed by atoms with Crippen LogP contribution in [-0.4, -0.2) is 32.5 Å². The Morgan fingerprint density at radius 2 is 1.95 bits per heavy atom. The minimum Gasteiger partial charge on any atom is -0.481 e. The van der Waals surface area contributed by atoms with E-state index in [9.17, 15) is 19.7 Å². The Bertz CT molecular complexity index is 572. The summed E-state index contributed by atoms with van der Waals surface area (Å²) in [6.07, 6.45) is 2.28. The van der Waals surface area contributed by atoms with Crippen molar-refractivity contribution in [1.82, 2.24) is 9.88 Å². The number of hydrogen-bond acceptors (Lipinski definition) is 4. The maximum atomic E-state index is 12.1. The Morgan fingerprint density at radius 1 is 1.33 bits per heavy atom. The van der Waals surface area contributed by atoms with Gasteiger partial charge < -0.3 is 20.5 Å². The number of aliphatic carboxylic acids is 1. The van der Waals surface area contributed by atoms with Gasteiger partial charge in [0.2, 0.25) is 0 Å². The number of nitrogens with zero attached hydrogens (tertiary/aromatic N) is 2. The van der Waals surface area contributed by atoms with Crippen molar-refractivity contribution in [3.05, 3.63) is 27.9 Å². The van der Waals surface area contributed by atoms with Crippen LogP contribution in [0.2, 0.25) is 0 Å². The second kappa shape index (κ2) is 5.94. The molecule has 0 atom stereocenters. The maximum Gasteiger partial charge on any atom is 0.323 e. The third-order valence-electron chi connectivity index (χ3n) is 3.93. The van der Waals surface area contributed by atoms with Gasteiger partial charge >= 0.3 is 11.8 Å². The molecule has 21 heavy (non-hydrogen) atoms. The Hall–Kier alpha value is -2.38. The van der Waals surface area contributed by atoms with Crippen molar-refractivity contribution in [1.29, 1.82) is 0 Å². The molecule has 8 nitrogen and oxygen atoms in total. The number of aromatic nitrogens is 1. The first-order valence-electron chi connectivity index (χ1n) is 6.74. The first kappa shape index (κ1) is 15.0. The summed E-state index contributed by atoms with van der Waals surface area (Å²) in [5.41, 5.74) is 0.224. The average Bonchev–Trinajstić information content (AvgIpc) is 2.81. The molecule has 1 fully saturated rings. The van der Waals surface area contributed by atoms with Crippen LogP contribution >= 0.6 is 0 Å². The van der Waals surface area contributed by atoms with Crippen LogP contribution in [0.15, 0.2) is 12.1 Å². The van der Waals surface area contributed by atoms with E-state index < -0.39 is 10.9 Å². The van der Waals surface area contributed by atoms with Gasteiger partial charge in [-0.3, -0.25) is 9.59 Å². The third-order valence-corrected chi connectivity index (χ3v) is 3.93. The van der Waals surface area contributed by atoms with Gasteiger partial charge in [-0.1, -0.05) is 0 Å². The van der Waals surface area contributed by atoms with Crippen molar-refractivity contribution in [3.63, 3.8) is 0 Å². The van der Waals surface area contributed by atoms with Crippen LogP contribution in [0.25, 0.3) is 0 Å². The number of nitro groups is 1. The molecule has 0 bridgehead atoms. The number of rotatable bonds is 4. The number of carboxylic acid groups (broad SMARTS) is 1. The van der Waals surface area contributed by atoms with Crippen LogP contribution in [0.4, 0.5) is 5.82 Å². The van der Waals surface area contributed by atoms with Crippen LogP contribution in [0.3, 0.4) is 0 Å². The summed E-state index contributed by atoms with van der Waals surface area (Å²) in [5.74, 6) is -1.65. The van der Waals surface area contributed by atoms with Crippen LogP contribution in [-0.2, 0) is 11.8 Å². The SMILES string of the molecule is Cn1c(C(=O)NC2CCC(C(=O)O)CC2)ccc1[N+](=O)[O-]. The minimum absolute atomic E-state index is 0.0814. The largest absolute Gasteiger partial charge is 0.481 e. The number of amides is 1. The highest BCUT2D eigenvalue weighted by atomic mass is 16.6. The molecule has 114 valence electrons. The van der Waals surface area contributed by atoms with Gasteiger partial charge in [0.15, 0.2) is 5.69 Å². The van der Waals surface area contributed by atoms with Gasteiger partial charge in [0.25, 0.3) is 5.91 Å². The van der Waals surface area contributed by atoms with Gasteiger partial charge in [-0.25, -0.2) is 4.57 Å². The first-order chi connectivity index (χ1) is 9.90. The van der Waals surface area contributed by atoms with E-state index in [1.165, 1.54) is 23.7 Å². The van der Waals surface area contributed by atoms with Gasteiger partial charge in [-0.2, -0.15) is 0 Å². The van der Waals surface area contributed by atoms with Gasteiger partial charge in [-0.05, 0) is 36.7 Å². The van der Waals surface area contributed by atoms with E-state index >= 15 is 0 Å². The van der Waals surface area contributed by atoms with Crippen molar-refractivity contribution in [2.45, 2.75) is 31.7 Å². The molecule has 1 aromatic rings. The standard InChI is InChI=1S/C13H17N3O5/c1-15-10(6-7-11(15)16(20)21)12(17)14-9-4-2-8(3-5-9)13(18)19/h6-9H,2-5H2,1H3,(H,14,17)(H,18,19). The summed E-state index contributed by atoms with van der Waals surface area (Å²) in [5, 5.41) is 22.5. The molecular weight excluding hydrogens is 278 g/mol. The molecule has 1 heterocycles. The number of carbonyl (C=O) groups excluding carboxylic acids is 1. The van der Waals surface area contributed by atoms with E-state index in [1.54, 1.807) is 0 Å². The predicted molar refractivity (Wildman–Crippen MR) is 72.9 cm³/mol. The van der Waals surface area contributed by atoms with E-state index in [1.807, 2.05) is 0 Å². The van der Waals surface area contributed by atoms with E-state index in [0.717, 1.165) is 0 Å². The second-order valence-electron chi connectivity index (χ2n) is 5.25. The number of hydrogen-bond donors (Lipinski definition) is 2. The molecule has 0 saturated heterocycles. The fourth-order valence-electron chi connectivity index (χ4n) is 2.66. The summed E-state index contributed by atoms with van der Waals surface area (Å²) in [4.78, 5) is 33.2. The lowest BCUT2D eigenvalue weighted by Crippen LogP contribution is -2.39. The van der Waals surface area contributed by atoms with Gasteiger partial charge in [0.1, 0.15) is 0 Å². The van der Waals surface area contributed by atoms with E-state index in [0.29, 0.717) is 25.7 Å². The van der Waals surface area contributed by atoms with Crippen molar-refractivity contribution in [3.8, 4) is 0 Å². The highest BCUT2D eigenvalue weighted by Gasteiger charge is 2.28. The smallest absolute Gasteiger partial charge is 0.323 e. The molecule has 1 aliphatic carbocycles. The second-order valence-corrected chi connectivity index (χ2v) is 5.25. The van der Waals surface area contributed by atoms with Crippen LogP contribution in [0.5, 0.6) is 0 Å². The third kappa shape index (κ3) is 3.21. The molecule has 0 aliphatic heterocycles. The average molecular weight is 295 g/mol. The van der Waals surface area contributed by atoms with Crippen LogP contribution in [0, 0.1) is 16.0 Å². The molecule has 1 amide bonds. The first-order valence-corrected chi connectivity index (χ1v) is 6.74. The molecular formula is C13H17N3O5. The normalized spacial score (nSPS) is 21.8. The molecule has 8 heteroatoms. The van der Waals surface area contributed by atoms with Crippen molar-refractivity contribution >= 4 is 17.7 Å². The molecule has 1 saturated carbocycles. The van der Waals surface area contributed by atoms with Crippen LogP contribution in [0.1, 0.15) is 36.2 Å². The number of carboxylic acids is 1. The zero-order valence-electron chi connectivity index (χ0n) is 11.6. The van der Waals surface area contributed by atoms with Gasteiger partial charge in [0, 0.05) is 12.1 Å². The van der Waals surface area contributed by atoms with Gasteiger partial charge in [0.05, 0.1) is 13.0 Å². The maximum absolute atomic E-state index is 12.1. The molecule has 0 unspecified atom stereocenters. The summed E-state index contributed by atoms with van der Waals surface area (Å²) in [6.45, 7) is 0. The zero-order valence-corrected chi connectivity index (χ0v) is 11.6. The monoisotopic (exact) mass is 295 g/mol. The van der Waals surface area contributed by atoms with E-state index in [4.69, 9.17) is 5.11 Å². The lowest BCUT2D eigenvalue weighted by molar-refractivity contribution is -0.391. The molecule has 1 aliphatic rings. The molecule has 2 rings (SSSR count). The molecule has 0 spiro atoms. The lowest BCUT2D eigenvalue weighted by Gasteiger charge is -2.26. The van der Waals surface area contributed by atoms with Crippen molar-refractivity contribution in [2.24, 2.45) is 13.0 Å². The Morgan fingerprint density at radius 3 is 2.43 bits per heavy atom. The summed E-state index contributed by atoms with van der Waals surface area (Å²) < 4.78 is 1.23. The van der Waals surface area contributed by atoms with Crippen LogP contribution < -0.4 is 5.32 Å². The zero-order chi connectivity index (χ0) is 15.6. The topological polar surface area (TPSA) is 114 Å². The highest BCUT2D eigenvalue weighted by Crippen LogP contribution is 2.25. The minimum atomic E-state index is -0.794. The molecule has 2 N–H and O–H groups in total. The Labute approximate surface area is 120 Å². The Kier molecular flexibility index (Phi) is 4.25.